The van der Waals surface area contributed by atoms with Crippen molar-refractivity contribution in [3.8, 4) is 17.1 Å². The first kappa shape index (κ1) is 30.4. The van der Waals surface area contributed by atoms with Gasteiger partial charge >= 0.3 is 0 Å². The molecule has 0 aliphatic carbocycles. The van der Waals surface area contributed by atoms with E-state index in [4.69, 9.17) is 4.98 Å². The number of hydrogen-bond acceptors (Lipinski definition) is 6. The van der Waals surface area contributed by atoms with Gasteiger partial charge in [0, 0.05) is 47.7 Å². The van der Waals surface area contributed by atoms with Crippen molar-refractivity contribution < 1.29 is 9.18 Å². The molecule has 226 valence electrons. The number of likely N-dealkylation sites (N-methyl/N-ethyl adjacent to an activating group) is 1. The first-order valence-electron chi connectivity index (χ1n) is 14.5. The maximum absolute atomic E-state index is 14.1. The highest BCUT2D eigenvalue weighted by Crippen LogP contribution is 2.26. The van der Waals surface area contributed by atoms with Gasteiger partial charge in [0.15, 0.2) is 0 Å². The monoisotopic (exact) mass is 593 g/mol. The number of carbonyl (C=O) groups excluding carboxylic acids is 1. The minimum atomic E-state index is -0.292. The van der Waals surface area contributed by atoms with Crippen LogP contribution in [0.3, 0.4) is 0 Å². The topological polar surface area (TPSA) is 106 Å². The maximum atomic E-state index is 14.1. The second-order valence-corrected chi connectivity index (χ2v) is 10.6. The van der Waals surface area contributed by atoms with Crippen molar-refractivity contribution in [1.29, 1.82) is 0 Å². The summed E-state index contributed by atoms with van der Waals surface area (Å²) in [6, 6.07) is 13.7. The summed E-state index contributed by atoms with van der Waals surface area (Å²) in [4.78, 5) is 35.7. The lowest BCUT2D eigenvalue weighted by Gasteiger charge is -2.19. The van der Waals surface area contributed by atoms with Gasteiger partial charge in [0.05, 0.1) is 30.1 Å². The quantitative estimate of drug-likeness (QED) is 0.200. The highest BCUT2D eigenvalue weighted by molar-refractivity contribution is 5.95. The average molecular weight is 594 g/mol. The van der Waals surface area contributed by atoms with Crippen LogP contribution in [0, 0.1) is 12.7 Å². The summed E-state index contributed by atoms with van der Waals surface area (Å²) < 4.78 is 17.5. The smallest absolute Gasteiger partial charge is 0.277 e. The van der Waals surface area contributed by atoms with Gasteiger partial charge in [0.25, 0.3) is 11.5 Å². The number of aromatic nitrogens is 4. The number of pyridine rings is 1. The lowest BCUT2D eigenvalue weighted by atomic mass is 10.1. The minimum absolute atomic E-state index is 0.0130. The van der Waals surface area contributed by atoms with Crippen LogP contribution in [-0.4, -0.2) is 45.1 Å². The van der Waals surface area contributed by atoms with Crippen molar-refractivity contribution in [3.05, 3.63) is 118 Å². The lowest BCUT2D eigenvalue weighted by Crippen LogP contribution is -2.31. The third-order valence-electron chi connectivity index (χ3n) is 7.62. The van der Waals surface area contributed by atoms with Crippen LogP contribution in [0.25, 0.3) is 28.0 Å². The molecule has 0 aliphatic rings. The number of fused-ring (bicyclic) bond motifs is 1. The molecule has 3 heterocycles. The molecule has 10 heteroatoms. The zero-order chi connectivity index (χ0) is 31.4. The minimum Gasteiger partial charge on any atom is -0.355 e. The second kappa shape index (κ2) is 13.0. The third-order valence-corrected chi connectivity index (χ3v) is 7.62. The van der Waals surface area contributed by atoms with Crippen LogP contribution in [0.1, 0.15) is 41.8 Å². The molecule has 0 fully saturated rings. The molecule has 2 aromatic carbocycles. The number of benzene rings is 2. The van der Waals surface area contributed by atoms with Gasteiger partial charge in [-0.3, -0.25) is 19.1 Å². The standard InChI is InChI=1S/C34H36FN7O2/c1-6-8-29(22(3)36-4)40-30-18-39-32(24-9-7-10-25(14-24)33(43)37-5)42(34(30)44)20-23-13-27(17-38-16-23)41-19-21(2)28-15-26(35)11-12-31(28)41/h7-19,22,36,40H,6,20H2,1-5H3,(H,37,43)/b29-8+/t22-/m0/s1. The van der Waals surface area contributed by atoms with Crippen molar-refractivity contribution in [3.63, 3.8) is 0 Å². The molecule has 0 saturated heterocycles. The second-order valence-electron chi connectivity index (χ2n) is 10.6. The van der Waals surface area contributed by atoms with E-state index in [1.165, 1.54) is 18.3 Å². The Hall–Kier alpha value is -5.09. The number of carbonyl (C=O) groups is 1. The van der Waals surface area contributed by atoms with Gasteiger partial charge in [-0.2, -0.15) is 0 Å². The molecule has 5 rings (SSSR count). The number of nitrogens with zero attached hydrogens (tertiary/aromatic N) is 4. The van der Waals surface area contributed by atoms with E-state index < -0.39 is 0 Å². The summed E-state index contributed by atoms with van der Waals surface area (Å²) in [6.07, 6.45) is 9.76. The van der Waals surface area contributed by atoms with Crippen LogP contribution in [0.4, 0.5) is 10.1 Å². The van der Waals surface area contributed by atoms with E-state index in [1.54, 1.807) is 48.3 Å². The first-order valence-corrected chi connectivity index (χ1v) is 14.5. The van der Waals surface area contributed by atoms with Crippen molar-refractivity contribution in [2.24, 2.45) is 0 Å². The number of allylic oxidation sites excluding steroid dienone is 1. The number of hydrogen-bond donors (Lipinski definition) is 3. The molecule has 0 spiro atoms. The summed E-state index contributed by atoms with van der Waals surface area (Å²) in [6.45, 7) is 6.16. The van der Waals surface area contributed by atoms with E-state index in [9.17, 15) is 14.0 Å². The fraction of sp³-hybridized carbons (Fsp3) is 0.235. The lowest BCUT2D eigenvalue weighted by molar-refractivity contribution is 0.0963. The van der Waals surface area contributed by atoms with Crippen molar-refractivity contribution in [1.82, 2.24) is 29.7 Å². The fourth-order valence-corrected chi connectivity index (χ4v) is 5.22. The average Bonchev–Trinajstić information content (AvgIpc) is 3.37. The van der Waals surface area contributed by atoms with Crippen LogP contribution in [0.15, 0.2) is 89.9 Å². The van der Waals surface area contributed by atoms with Gasteiger partial charge in [-0.15, -0.1) is 0 Å². The highest BCUT2D eigenvalue weighted by atomic mass is 19.1. The Kier molecular flexibility index (Phi) is 9.01. The zero-order valence-electron chi connectivity index (χ0n) is 25.5. The van der Waals surface area contributed by atoms with Crippen LogP contribution in [0.2, 0.25) is 0 Å². The summed E-state index contributed by atoms with van der Waals surface area (Å²) >= 11 is 0. The molecule has 0 aliphatic heterocycles. The van der Waals surface area contributed by atoms with Crippen LogP contribution in [0.5, 0.6) is 0 Å². The molecule has 5 aromatic rings. The molecule has 3 aromatic heterocycles. The highest BCUT2D eigenvalue weighted by Gasteiger charge is 2.17. The van der Waals surface area contributed by atoms with E-state index in [0.29, 0.717) is 22.6 Å². The van der Waals surface area contributed by atoms with Gasteiger partial charge < -0.3 is 20.5 Å². The van der Waals surface area contributed by atoms with E-state index in [2.05, 4.69) is 20.9 Å². The Morgan fingerprint density at radius 2 is 1.91 bits per heavy atom. The molecule has 0 saturated carbocycles. The van der Waals surface area contributed by atoms with Crippen molar-refractivity contribution in [2.45, 2.75) is 39.8 Å². The van der Waals surface area contributed by atoms with Crippen LogP contribution < -0.4 is 21.5 Å². The van der Waals surface area contributed by atoms with Gasteiger partial charge in [0.1, 0.15) is 17.3 Å². The number of anilines is 1. The summed E-state index contributed by atoms with van der Waals surface area (Å²) in [5, 5.41) is 9.97. The molecular weight excluding hydrogens is 557 g/mol. The number of rotatable bonds is 10. The first-order chi connectivity index (χ1) is 21.2. The van der Waals surface area contributed by atoms with Gasteiger partial charge in [0.2, 0.25) is 0 Å². The van der Waals surface area contributed by atoms with Gasteiger partial charge in [-0.05, 0) is 74.8 Å². The number of nitrogens with one attached hydrogen (secondary N) is 3. The SMILES string of the molecule is CC/C=C(/Nc1cnc(-c2cccc(C(=O)NC)c2)n(Cc2cncc(-n3cc(C)c4cc(F)ccc43)c2)c1=O)[C@H](C)NC. The third kappa shape index (κ3) is 6.16. The Balaban J connectivity index is 1.62. The van der Waals surface area contributed by atoms with Gasteiger partial charge in [-0.1, -0.05) is 25.1 Å². The molecule has 1 atom stereocenters. The molecule has 44 heavy (non-hydrogen) atoms. The van der Waals surface area contributed by atoms with Crippen LogP contribution >= 0.6 is 0 Å². The fourth-order valence-electron chi connectivity index (χ4n) is 5.22. The molecule has 9 nitrogen and oxygen atoms in total. The predicted molar refractivity (Wildman–Crippen MR) is 173 cm³/mol. The number of aryl methyl sites for hydroxylation is 1. The predicted octanol–water partition coefficient (Wildman–Crippen LogP) is 5.42. The van der Waals surface area contributed by atoms with E-state index in [-0.39, 0.29) is 29.9 Å². The van der Waals surface area contributed by atoms with Gasteiger partial charge in [-0.25, -0.2) is 9.37 Å². The summed E-state index contributed by atoms with van der Waals surface area (Å²) in [5.41, 5.74) is 5.35. The Morgan fingerprint density at radius 1 is 1.09 bits per heavy atom. The molecule has 1 amide bonds. The summed E-state index contributed by atoms with van der Waals surface area (Å²) in [7, 11) is 3.43. The molecular formula is C34H36FN7O2. The Morgan fingerprint density at radius 3 is 2.66 bits per heavy atom. The van der Waals surface area contributed by atoms with E-state index in [1.807, 2.05) is 56.8 Å². The maximum Gasteiger partial charge on any atom is 0.277 e. The van der Waals surface area contributed by atoms with Crippen LogP contribution in [-0.2, 0) is 6.54 Å². The summed E-state index contributed by atoms with van der Waals surface area (Å²) in [5.74, 6) is -0.114. The van der Waals surface area contributed by atoms with Crippen molar-refractivity contribution in [2.75, 3.05) is 19.4 Å². The molecule has 3 N–H and O–H groups in total. The number of halogens is 1. The Bertz CT molecular complexity index is 1930. The molecule has 0 unspecified atom stereocenters. The molecule has 0 radical (unpaired) electrons. The van der Waals surface area contributed by atoms with E-state index in [0.717, 1.165) is 39.8 Å². The normalized spacial score (nSPS) is 12.4. The Labute approximate surface area is 255 Å². The zero-order valence-corrected chi connectivity index (χ0v) is 25.5. The van der Waals surface area contributed by atoms with Crippen molar-refractivity contribution >= 4 is 22.5 Å². The molecule has 0 bridgehead atoms. The van der Waals surface area contributed by atoms with E-state index >= 15 is 0 Å². The number of amides is 1. The largest absolute Gasteiger partial charge is 0.355 e.